The van der Waals surface area contributed by atoms with Crippen LogP contribution in [0.1, 0.15) is 13.3 Å². The summed E-state index contributed by atoms with van der Waals surface area (Å²) in [5.41, 5.74) is 0.582. The summed E-state index contributed by atoms with van der Waals surface area (Å²) in [6, 6.07) is 6.54. The van der Waals surface area contributed by atoms with Crippen molar-refractivity contribution in [3.05, 3.63) is 24.3 Å². The fraction of sp³-hybridized carbons (Fsp3) is 0.444. The van der Waals surface area contributed by atoms with Crippen molar-refractivity contribution in [2.24, 2.45) is 5.92 Å². The number of imide groups is 1. The molecule has 1 aromatic carbocycles. The second-order valence-corrected chi connectivity index (χ2v) is 6.38. The number of esters is 1. The molecule has 144 valence electrons. The first-order valence-electron chi connectivity index (χ1n) is 8.65. The van der Waals surface area contributed by atoms with Crippen molar-refractivity contribution in [2.75, 3.05) is 31.6 Å². The predicted molar refractivity (Wildman–Crippen MR) is 94.1 cm³/mol. The Kier molecular flexibility index (Phi) is 5.29. The van der Waals surface area contributed by atoms with Gasteiger partial charge >= 0.3 is 12.0 Å². The molecule has 3 rings (SSSR count). The molecule has 2 atom stereocenters. The van der Waals surface area contributed by atoms with Crippen LogP contribution in [0.15, 0.2) is 24.3 Å². The average molecular weight is 375 g/mol. The highest BCUT2D eigenvalue weighted by Gasteiger charge is 2.39. The Morgan fingerprint density at radius 3 is 2.67 bits per heavy atom. The largest absolute Gasteiger partial charge is 0.495 e. The number of carbonyl (C=O) groups is 4. The summed E-state index contributed by atoms with van der Waals surface area (Å²) in [5, 5.41) is 2.52. The highest BCUT2D eigenvalue weighted by molar-refractivity contribution is 6.01. The molecule has 9 heteroatoms. The third kappa shape index (κ3) is 3.71. The number of para-hydroxylation sites is 2. The molecular weight excluding hydrogens is 354 g/mol. The van der Waals surface area contributed by atoms with Crippen LogP contribution in [0.5, 0.6) is 5.75 Å². The molecule has 0 saturated carbocycles. The topological polar surface area (TPSA) is 105 Å². The van der Waals surface area contributed by atoms with Gasteiger partial charge in [-0.1, -0.05) is 12.1 Å². The van der Waals surface area contributed by atoms with Crippen LogP contribution in [0.25, 0.3) is 0 Å². The van der Waals surface area contributed by atoms with Crippen molar-refractivity contribution < 1.29 is 28.7 Å². The van der Waals surface area contributed by atoms with Crippen molar-refractivity contribution in [3.8, 4) is 5.75 Å². The molecule has 1 aromatic rings. The minimum atomic E-state index is -1.10. The van der Waals surface area contributed by atoms with Gasteiger partial charge in [0, 0.05) is 26.1 Å². The van der Waals surface area contributed by atoms with Gasteiger partial charge < -0.3 is 19.7 Å². The molecule has 4 amide bonds. The zero-order chi connectivity index (χ0) is 19.6. The summed E-state index contributed by atoms with van der Waals surface area (Å²) in [5.74, 6) is -1.60. The van der Waals surface area contributed by atoms with Gasteiger partial charge in [-0.05, 0) is 19.1 Å². The van der Waals surface area contributed by atoms with E-state index in [-0.39, 0.29) is 25.4 Å². The van der Waals surface area contributed by atoms with E-state index in [0.29, 0.717) is 18.0 Å². The van der Waals surface area contributed by atoms with Crippen LogP contribution in [0.3, 0.4) is 0 Å². The Morgan fingerprint density at radius 2 is 2.00 bits per heavy atom. The van der Waals surface area contributed by atoms with Gasteiger partial charge in [-0.2, -0.15) is 0 Å². The number of anilines is 1. The molecule has 9 nitrogen and oxygen atoms in total. The van der Waals surface area contributed by atoms with Crippen molar-refractivity contribution in [1.82, 2.24) is 10.2 Å². The predicted octanol–water partition coefficient (Wildman–Crippen LogP) is 0.532. The number of hydrogen-bond acceptors (Lipinski definition) is 6. The molecule has 0 bridgehead atoms. The van der Waals surface area contributed by atoms with Crippen LogP contribution >= 0.6 is 0 Å². The van der Waals surface area contributed by atoms with E-state index in [0.717, 1.165) is 4.90 Å². The van der Waals surface area contributed by atoms with E-state index in [1.807, 2.05) is 0 Å². The number of amides is 4. The second kappa shape index (κ2) is 7.65. The van der Waals surface area contributed by atoms with Crippen molar-refractivity contribution in [3.63, 3.8) is 0 Å². The van der Waals surface area contributed by atoms with Crippen LogP contribution in [0.4, 0.5) is 10.5 Å². The lowest BCUT2D eigenvalue weighted by Crippen LogP contribution is -2.42. The Labute approximate surface area is 156 Å². The molecule has 0 aliphatic carbocycles. The lowest BCUT2D eigenvalue weighted by molar-refractivity contribution is -0.160. The summed E-state index contributed by atoms with van der Waals surface area (Å²) < 4.78 is 10.5. The first-order chi connectivity index (χ1) is 12.9. The standard InChI is InChI=1S/C18H21N3O6/c1-11(16(23)20-8-7-19-18(20)25)27-17(24)12-9-15(22)21(10-12)13-5-3-4-6-14(13)26-2/h3-6,11-12H,7-10H2,1-2H3,(H,19,25)/t11-,12-/m0/s1. The van der Waals surface area contributed by atoms with E-state index >= 15 is 0 Å². The number of ether oxygens (including phenoxy) is 2. The lowest BCUT2D eigenvalue weighted by Gasteiger charge is -2.21. The summed E-state index contributed by atoms with van der Waals surface area (Å²) in [4.78, 5) is 51.1. The van der Waals surface area contributed by atoms with Gasteiger partial charge in [0.05, 0.1) is 18.7 Å². The Hall–Kier alpha value is -3.10. The SMILES string of the molecule is COc1ccccc1N1C[C@@H](C(=O)O[C@@H](C)C(=O)N2CCNC2=O)CC1=O. The highest BCUT2D eigenvalue weighted by Crippen LogP contribution is 2.33. The Morgan fingerprint density at radius 1 is 1.26 bits per heavy atom. The Bertz CT molecular complexity index is 780. The van der Waals surface area contributed by atoms with Crippen LogP contribution in [0.2, 0.25) is 0 Å². The van der Waals surface area contributed by atoms with Gasteiger partial charge in [-0.15, -0.1) is 0 Å². The molecule has 2 aliphatic heterocycles. The average Bonchev–Trinajstić information content (AvgIpc) is 3.26. The number of hydrogen-bond donors (Lipinski definition) is 1. The third-order valence-electron chi connectivity index (χ3n) is 4.60. The smallest absolute Gasteiger partial charge is 0.324 e. The van der Waals surface area contributed by atoms with Crippen molar-refractivity contribution in [2.45, 2.75) is 19.4 Å². The molecule has 0 unspecified atom stereocenters. The van der Waals surface area contributed by atoms with E-state index in [1.54, 1.807) is 24.3 Å². The van der Waals surface area contributed by atoms with E-state index in [2.05, 4.69) is 5.32 Å². The first kappa shape index (κ1) is 18.7. The maximum absolute atomic E-state index is 12.4. The number of methoxy groups -OCH3 is 1. The van der Waals surface area contributed by atoms with Gasteiger partial charge in [0.25, 0.3) is 5.91 Å². The minimum absolute atomic E-state index is 0.0119. The molecule has 27 heavy (non-hydrogen) atoms. The van der Waals surface area contributed by atoms with Gasteiger partial charge in [-0.3, -0.25) is 19.3 Å². The van der Waals surface area contributed by atoms with E-state index in [4.69, 9.17) is 9.47 Å². The second-order valence-electron chi connectivity index (χ2n) is 6.38. The quantitative estimate of drug-likeness (QED) is 0.753. The van der Waals surface area contributed by atoms with E-state index < -0.39 is 29.9 Å². The minimum Gasteiger partial charge on any atom is -0.495 e. The summed E-state index contributed by atoms with van der Waals surface area (Å²) in [6.45, 7) is 2.17. The van der Waals surface area contributed by atoms with Gasteiger partial charge in [-0.25, -0.2) is 4.79 Å². The maximum atomic E-state index is 12.4. The molecule has 2 aliphatic rings. The molecule has 0 radical (unpaired) electrons. The maximum Gasteiger partial charge on any atom is 0.324 e. The number of benzene rings is 1. The zero-order valence-electron chi connectivity index (χ0n) is 15.1. The van der Waals surface area contributed by atoms with Crippen molar-refractivity contribution in [1.29, 1.82) is 0 Å². The van der Waals surface area contributed by atoms with Crippen LogP contribution < -0.4 is 15.0 Å². The zero-order valence-corrected chi connectivity index (χ0v) is 15.1. The summed E-state index contributed by atoms with van der Waals surface area (Å²) >= 11 is 0. The molecule has 2 heterocycles. The Balaban J connectivity index is 1.63. The number of carbonyl (C=O) groups excluding carboxylic acids is 4. The molecular formula is C18H21N3O6. The monoisotopic (exact) mass is 375 g/mol. The van der Waals surface area contributed by atoms with Gasteiger partial charge in [0.15, 0.2) is 6.10 Å². The van der Waals surface area contributed by atoms with E-state index in [9.17, 15) is 19.2 Å². The number of urea groups is 1. The normalized spacial score (nSPS) is 20.4. The number of rotatable bonds is 5. The molecule has 0 spiro atoms. The molecule has 2 saturated heterocycles. The first-order valence-corrected chi connectivity index (χ1v) is 8.65. The summed E-state index contributed by atoms with van der Waals surface area (Å²) in [6.07, 6.45) is -1.11. The van der Waals surface area contributed by atoms with Gasteiger partial charge in [0.2, 0.25) is 5.91 Å². The van der Waals surface area contributed by atoms with E-state index in [1.165, 1.54) is 18.9 Å². The van der Waals surface area contributed by atoms with Crippen LogP contribution in [-0.2, 0) is 19.1 Å². The fourth-order valence-electron chi connectivity index (χ4n) is 3.17. The number of nitrogens with zero attached hydrogens (tertiary/aromatic N) is 2. The fourth-order valence-corrected chi connectivity index (χ4v) is 3.17. The molecule has 0 aromatic heterocycles. The van der Waals surface area contributed by atoms with Crippen LogP contribution in [0, 0.1) is 5.92 Å². The number of nitrogens with one attached hydrogen (secondary N) is 1. The molecule has 2 fully saturated rings. The van der Waals surface area contributed by atoms with Crippen molar-refractivity contribution >= 4 is 29.5 Å². The lowest BCUT2D eigenvalue weighted by atomic mass is 10.1. The summed E-state index contributed by atoms with van der Waals surface area (Å²) in [7, 11) is 1.51. The highest BCUT2D eigenvalue weighted by atomic mass is 16.5. The van der Waals surface area contributed by atoms with Gasteiger partial charge in [0.1, 0.15) is 5.75 Å². The molecule has 1 N–H and O–H groups in total. The third-order valence-corrected chi connectivity index (χ3v) is 4.60. The van der Waals surface area contributed by atoms with Crippen LogP contribution in [-0.4, -0.2) is 61.6 Å².